The number of piperidine rings is 1. The van der Waals surface area contributed by atoms with E-state index in [-0.39, 0.29) is 11.9 Å². The van der Waals surface area contributed by atoms with Crippen LogP contribution in [0.5, 0.6) is 0 Å². The van der Waals surface area contributed by atoms with Gasteiger partial charge in [0.15, 0.2) is 0 Å². The number of carbonyl (C=O) groups excluding carboxylic acids is 2. The van der Waals surface area contributed by atoms with Crippen LogP contribution < -0.4 is 0 Å². The summed E-state index contributed by atoms with van der Waals surface area (Å²) in [6, 6.07) is 17.1. The molecule has 0 aromatic heterocycles. The highest BCUT2D eigenvalue weighted by molar-refractivity contribution is 5.94. The van der Waals surface area contributed by atoms with E-state index in [1.165, 1.54) is 0 Å². The maximum absolute atomic E-state index is 12.8. The maximum Gasteiger partial charge on any atom is 0.306 e. The molecule has 1 aliphatic rings. The van der Waals surface area contributed by atoms with E-state index >= 15 is 0 Å². The topological polar surface area (TPSA) is 70.4 Å². The van der Waals surface area contributed by atoms with E-state index in [9.17, 15) is 9.59 Å². The van der Waals surface area contributed by atoms with E-state index in [0.29, 0.717) is 43.2 Å². The number of hydrogen-bond donors (Lipinski definition) is 0. The Morgan fingerprint density at radius 2 is 1.61 bits per heavy atom. The van der Waals surface area contributed by atoms with Gasteiger partial charge in [-0.1, -0.05) is 24.3 Å². The van der Waals surface area contributed by atoms with E-state index < -0.39 is 0 Å². The van der Waals surface area contributed by atoms with Crippen molar-refractivity contribution in [2.24, 2.45) is 5.92 Å². The van der Waals surface area contributed by atoms with Crippen molar-refractivity contribution in [2.75, 3.05) is 19.7 Å². The lowest BCUT2D eigenvalue weighted by Crippen LogP contribution is -2.39. The van der Waals surface area contributed by atoms with Crippen LogP contribution in [0.15, 0.2) is 48.5 Å². The molecule has 1 saturated heterocycles. The summed E-state index contributed by atoms with van der Waals surface area (Å²) in [6.07, 6.45) is 2.09. The van der Waals surface area contributed by atoms with Crippen molar-refractivity contribution in [3.05, 3.63) is 59.7 Å². The van der Waals surface area contributed by atoms with Gasteiger partial charge in [-0.25, -0.2) is 0 Å². The Balaban J connectivity index is 1.58. The zero-order chi connectivity index (χ0) is 19.9. The Kier molecular flexibility index (Phi) is 6.44. The molecule has 0 aliphatic carbocycles. The molecule has 0 N–H and O–H groups in total. The van der Waals surface area contributed by atoms with Crippen LogP contribution in [0, 0.1) is 17.2 Å². The third kappa shape index (κ3) is 4.77. The first-order valence-electron chi connectivity index (χ1n) is 9.66. The highest BCUT2D eigenvalue weighted by Gasteiger charge is 2.25. The number of amides is 1. The van der Waals surface area contributed by atoms with Crippen molar-refractivity contribution in [1.82, 2.24) is 4.90 Å². The van der Waals surface area contributed by atoms with Crippen LogP contribution in [0.1, 0.15) is 42.1 Å². The molecule has 5 heteroatoms. The van der Waals surface area contributed by atoms with Crippen molar-refractivity contribution in [3.63, 3.8) is 0 Å². The lowest BCUT2D eigenvalue weighted by molar-refractivity contribution is -0.144. The molecule has 0 saturated carbocycles. The number of nitriles is 1. The van der Waals surface area contributed by atoms with Crippen molar-refractivity contribution in [2.45, 2.75) is 26.2 Å². The molecular formula is C23H24N2O3. The van der Waals surface area contributed by atoms with Gasteiger partial charge in [0.05, 0.1) is 18.2 Å². The molecule has 2 aromatic rings. The van der Waals surface area contributed by atoms with Gasteiger partial charge in [-0.15, -0.1) is 0 Å². The van der Waals surface area contributed by atoms with Crippen LogP contribution >= 0.6 is 0 Å². The van der Waals surface area contributed by atoms with E-state index in [0.717, 1.165) is 24.0 Å². The Labute approximate surface area is 165 Å². The van der Waals surface area contributed by atoms with Gasteiger partial charge < -0.3 is 9.64 Å². The summed E-state index contributed by atoms with van der Waals surface area (Å²) in [4.78, 5) is 26.2. The highest BCUT2D eigenvalue weighted by Crippen LogP contribution is 2.24. The molecule has 1 fully saturated rings. The molecule has 0 atom stereocenters. The van der Waals surface area contributed by atoms with Crippen LogP contribution in [-0.2, 0) is 9.53 Å². The van der Waals surface area contributed by atoms with E-state index in [1.807, 2.05) is 48.2 Å². The number of ether oxygens (including phenoxy) is 1. The van der Waals surface area contributed by atoms with Crippen LogP contribution in [0.25, 0.3) is 11.1 Å². The van der Waals surface area contributed by atoms with Gasteiger partial charge in [0.2, 0.25) is 0 Å². The van der Waals surface area contributed by atoms with Crippen LogP contribution in [-0.4, -0.2) is 36.5 Å². The minimum Gasteiger partial charge on any atom is -0.466 e. The van der Waals surface area contributed by atoms with Crippen molar-refractivity contribution >= 4 is 11.9 Å². The summed E-state index contributed by atoms with van der Waals surface area (Å²) >= 11 is 0. The highest BCUT2D eigenvalue weighted by atomic mass is 16.5. The van der Waals surface area contributed by atoms with Crippen LogP contribution in [0.4, 0.5) is 0 Å². The third-order valence-corrected chi connectivity index (χ3v) is 5.14. The average molecular weight is 376 g/mol. The van der Waals surface area contributed by atoms with Gasteiger partial charge in [-0.3, -0.25) is 9.59 Å². The Hall–Kier alpha value is -3.13. The van der Waals surface area contributed by atoms with Gasteiger partial charge in [0.1, 0.15) is 0 Å². The van der Waals surface area contributed by atoms with Gasteiger partial charge in [-0.05, 0) is 61.1 Å². The Morgan fingerprint density at radius 3 is 2.14 bits per heavy atom. The zero-order valence-corrected chi connectivity index (χ0v) is 16.1. The molecule has 2 aromatic carbocycles. The monoisotopic (exact) mass is 376 g/mol. The first kappa shape index (κ1) is 19.6. The largest absolute Gasteiger partial charge is 0.466 e. The second-order valence-corrected chi connectivity index (χ2v) is 7.01. The quantitative estimate of drug-likeness (QED) is 0.739. The standard InChI is InChI=1S/C23H24N2O3/c1-2-28-22(26)15-17-11-13-25(14-12-17)23(27)21-9-7-20(8-10-21)19-5-3-18(16-24)4-6-19/h3-10,17H,2,11-15H2,1H3. The summed E-state index contributed by atoms with van der Waals surface area (Å²) in [5.41, 5.74) is 3.31. The van der Waals surface area contributed by atoms with Crippen molar-refractivity contribution < 1.29 is 14.3 Å². The maximum atomic E-state index is 12.8. The second-order valence-electron chi connectivity index (χ2n) is 7.01. The minimum atomic E-state index is -0.148. The smallest absolute Gasteiger partial charge is 0.306 e. The van der Waals surface area contributed by atoms with Gasteiger partial charge >= 0.3 is 5.97 Å². The fourth-order valence-corrected chi connectivity index (χ4v) is 3.52. The molecule has 0 radical (unpaired) electrons. The molecule has 0 unspecified atom stereocenters. The fourth-order valence-electron chi connectivity index (χ4n) is 3.52. The predicted molar refractivity (Wildman–Crippen MR) is 106 cm³/mol. The molecule has 0 bridgehead atoms. The number of benzene rings is 2. The summed E-state index contributed by atoms with van der Waals surface area (Å²) in [5.74, 6) is 0.175. The van der Waals surface area contributed by atoms with E-state index in [4.69, 9.17) is 10.00 Å². The third-order valence-electron chi connectivity index (χ3n) is 5.14. The van der Waals surface area contributed by atoms with E-state index in [1.54, 1.807) is 12.1 Å². The minimum absolute atomic E-state index is 0.0287. The van der Waals surface area contributed by atoms with Crippen molar-refractivity contribution in [1.29, 1.82) is 5.26 Å². The number of nitrogens with zero attached hydrogens (tertiary/aromatic N) is 2. The molecule has 144 valence electrons. The molecule has 3 rings (SSSR count). The lowest BCUT2D eigenvalue weighted by Gasteiger charge is -2.31. The number of rotatable bonds is 5. The number of carbonyl (C=O) groups is 2. The normalized spacial score (nSPS) is 14.4. The molecule has 28 heavy (non-hydrogen) atoms. The van der Waals surface area contributed by atoms with Crippen LogP contribution in [0.3, 0.4) is 0 Å². The predicted octanol–water partition coefficient (Wildman–Crippen LogP) is 4.03. The van der Waals surface area contributed by atoms with Gasteiger partial charge in [0.25, 0.3) is 5.91 Å². The first-order valence-corrected chi connectivity index (χ1v) is 9.66. The Bertz CT molecular complexity index is 858. The molecule has 1 aliphatic heterocycles. The molecule has 1 heterocycles. The summed E-state index contributed by atoms with van der Waals surface area (Å²) in [7, 11) is 0. The van der Waals surface area contributed by atoms with Crippen LogP contribution in [0.2, 0.25) is 0 Å². The summed E-state index contributed by atoms with van der Waals surface area (Å²) < 4.78 is 5.01. The Morgan fingerprint density at radius 1 is 1.04 bits per heavy atom. The van der Waals surface area contributed by atoms with Gasteiger partial charge in [0, 0.05) is 25.1 Å². The van der Waals surface area contributed by atoms with E-state index in [2.05, 4.69) is 6.07 Å². The fraction of sp³-hybridized carbons (Fsp3) is 0.348. The first-order chi connectivity index (χ1) is 13.6. The molecule has 5 nitrogen and oxygen atoms in total. The lowest BCUT2D eigenvalue weighted by atomic mass is 9.93. The number of hydrogen-bond acceptors (Lipinski definition) is 4. The average Bonchev–Trinajstić information content (AvgIpc) is 2.74. The molecular weight excluding hydrogens is 352 g/mol. The number of likely N-dealkylation sites (tertiary alicyclic amines) is 1. The number of esters is 1. The van der Waals surface area contributed by atoms with Crippen molar-refractivity contribution in [3.8, 4) is 17.2 Å². The SMILES string of the molecule is CCOC(=O)CC1CCN(C(=O)c2ccc(-c3ccc(C#N)cc3)cc2)CC1. The van der Waals surface area contributed by atoms with Gasteiger partial charge in [-0.2, -0.15) is 5.26 Å². The summed E-state index contributed by atoms with van der Waals surface area (Å²) in [5, 5.41) is 8.89. The molecule has 1 amide bonds. The zero-order valence-electron chi connectivity index (χ0n) is 16.1. The second kappa shape index (κ2) is 9.18. The summed E-state index contributed by atoms with van der Waals surface area (Å²) in [6.45, 7) is 3.56. The molecule has 0 spiro atoms.